The highest BCUT2D eigenvalue weighted by molar-refractivity contribution is 6.34. The van der Waals surface area contributed by atoms with Gasteiger partial charge < -0.3 is 21.3 Å². The Hall–Kier alpha value is -3.83. The van der Waals surface area contributed by atoms with E-state index in [1.54, 1.807) is 24.3 Å². The summed E-state index contributed by atoms with van der Waals surface area (Å²) < 4.78 is 28.0. The van der Waals surface area contributed by atoms with E-state index in [1.165, 1.54) is 17.0 Å². The van der Waals surface area contributed by atoms with Crippen LogP contribution in [-0.2, 0) is 0 Å². The number of aromatic nitrogens is 2. The van der Waals surface area contributed by atoms with Gasteiger partial charge in [0, 0.05) is 37.6 Å². The Morgan fingerprint density at radius 1 is 1.08 bits per heavy atom. The summed E-state index contributed by atoms with van der Waals surface area (Å²) in [4.78, 5) is 43.5. The molecule has 3 aromatic rings. The predicted octanol–water partition coefficient (Wildman–Crippen LogP) is 3.18. The van der Waals surface area contributed by atoms with Crippen molar-refractivity contribution in [1.29, 1.82) is 0 Å². The molecule has 2 aromatic carbocycles. The number of hydrogen-bond acceptors (Lipinski definition) is 5. The average Bonchev–Trinajstić information content (AvgIpc) is 3.31. The van der Waals surface area contributed by atoms with Gasteiger partial charge in [0.05, 0.1) is 10.6 Å². The molecule has 0 bridgehead atoms. The fraction of sp³-hybridized carbons (Fsp3) is 0.280. The standard InChI is InChI=1S/C25H25ClF2N6O3/c26-20-13-16(28)1-6-19(20)24(36)32-17-2-4-18(5-3-17)34-14-31-21(23(29)35)22(34)25(37)30-9-12-33-10-7-15(27)8-11-33/h1-6,13-15H,7-12H2,(H2,29,35)(H,30,37)(H,32,36). The van der Waals surface area contributed by atoms with E-state index in [2.05, 4.69) is 20.5 Å². The van der Waals surface area contributed by atoms with E-state index in [0.717, 1.165) is 12.1 Å². The van der Waals surface area contributed by atoms with Crippen molar-refractivity contribution in [1.82, 2.24) is 19.8 Å². The van der Waals surface area contributed by atoms with E-state index in [0.29, 0.717) is 50.4 Å². The lowest BCUT2D eigenvalue weighted by atomic mass is 10.1. The Labute approximate surface area is 216 Å². The van der Waals surface area contributed by atoms with Crippen molar-refractivity contribution in [3.63, 3.8) is 0 Å². The first-order valence-electron chi connectivity index (χ1n) is 11.6. The highest BCUT2D eigenvalue weighted by Crippen LogP contribution is 2.21. The number of rotatable bonds is 8. The Bertz CT molecular complexity index is 1310. The third-order valence-electron chi connectivity index (χ3n) is 6.03. The summed E-state index contributed by atoms with van der Waals surface area (Å²) in [5.41, 5.74) is 6.26. The molecule has 12 heteroatoms. The van der Waals surface area contributed by atoms with Crippen LogP contribution in [0.1, 0.15) is 44.2 Å². The van der Waals surface area contributed by atoms with E-state index in [9.17, 15) is 23.2 Å². The quantitative estimate of drug-likeness (QED) is 0.413. The highest BCUT2D eigenvalue weighted by Gasteiger charge is 2.24. The molecule has 0 saturated carbocycles. The minimum absolute atomic E-state index is 0.0194. The van der Waals surface area contributed by atoms with Crippen LogP contribution in [0.4, 0.5) is 14.5 Å². The van der Waals surface area contributed by atoms with Gasteiger partial charge in [-0.1, -0.05) is 11.6 Å². The first kappa shape index (κ1) is 26.2. The number of benzene rings is 2. The molecule has 9 nitrogen and oxygen atoms in total. The van der Waals surface area contributed by atoms with Crippen molar-refractivity contribution in [3.8, 4) is 5.69 Å². The lowest BCUT2D eigenvalue weighted by Gasteiger charge is -2.28. The Morgan fingerprint density at radius 2 is 1.78 bits per heavy atom. The van der Waals surface area contributed by atoms with E-state index >= 15 is 0 Å². The maximum Gasteiger partial charge on any atom is 0.270 e. The number of halogens is 3. The number of carbonyl (C=O) groups is 3. The lowest BCUT2D eigenvalue weighted by Crippen LogP contribution is -2.40. The summed E-state index contributed by atoms with van der Waals surface area (Å²) in [6.45, 7) is 2.09. The van der Waals surface area contributed by atoms with Crippen LogP contribution in [0, 0.1) is 5.82 Å². The molecule has 1 aliphatic heterocycles. The summed E-state index contributed by atoms with van der Waals surface area (Å²) in [6.07, 6.45) is 1.48. The monoisotopic (exact) mass is 530 g/mol. The van der Waals surface area contributed by atoms with Gasteiger partial charge in [-0.2, -0.15) is 0 Å². The van der Waals surface area contributed by atoms with Crippen molar-refractivity contribution in [3.05, 3.63) is 76.6 Å². The second-order valence-corrected chi connectivity index (χ2v) is 8.98. The normalized spacial score (nSPS) is 14.4. The smallest absolute Gasteiger partial charge is 0.270 e. The van der Waals surface area contributed by atoms with Crippen molar-refractivity contribution < 1.29 is 23.2 Å². The van der Waals surface area contributed by atoms with Gasteiger partial charge >= 0.3 is 0 Å². The van der Waals surface area contributed by atoms with Crippen LogP contribution in [-0.4, -0.2) is 64.5 Å². The molecular formula is C25H25ClF2N6O3. The zero-order valence-electron chi connectivity index (χ0n) is 19.7. The van der Waals surface area contributed by atoms with Crippen LogP contribution in [0.25, 0.3) is 5.69 Å². The SMILES string of the molecule is NC(=O)c1ncn(-c2ccc(NC(=O)c3ccc(F)cc3Cl)cc2)c1C(=O)NCCN1CCC(F)CC1. The van der Waals surface area contributed by atoms with Gasteiger partial charge in [0.15, 0.2) is 5.69 Å². The minimum atomic E-state index is -0.853. The number of nitrogens with one attached hydrogen (secondary N) is 2. The highest BCUT2D eigenvalue weighted by atomic mass is 35.5. The Balaban J connectivity index is 1.46. The average molecular weight is 531 g/mol. The number of hydrogen-bond donors (Lipinski definition) is 3. The molecule has 2 heterocycles. The van der Waals surface area contributed by atoms with Crippen LogP contribution in [0.3, 0.4) is 0 Å². The number of amides is 3. The number of primary amides is 1. The molecule has 0 aliphatic carbocycles. The molecule has 1 saturated heterocycles. The third kappa shape index (κ3) is 6.30. The number of nitrogens with zero attached hydrogens (tertiary/aromatic N) is 3. The van der Waals surface area contributed by atoms with E-state index in [4.69, 9.17) is 17.3 Å². The first-order valence-corrected chi connectivity index (χ1v) is 12.0. The third-order valence-corrected chi connectivity index (χ3v) is 6.34. The summed E-state index contributed by atoms with van der Waals surface area (Å²) in [5.74, 6) is -2.46. The number of anilines is 1. The topological polar surface area (TPSA) is 122 Å². The summed E-state index contributed by atoms with van der Waals surface area (Å²) in [7, 11) is 0. The largest absolute Gasteiger partial charge is 0.364 e. The molecule has 1 aliphatic rings. The predicted molar refractivity (Wildman–Crippen MR) is 134 cm³/mol. The molecule has 0 unspecified atom stereocenters. The summed E-state index contributed by atoms with van der Waals surface area (Å²) in [6, 6.07) is 9.88. The van der Waals surface area contributed by atoms with Gasteiger partial charge in [-0.15, -0.1) is 0 Å². The number of alkyl halides is 1. The second-order valence-electron chi connectivity index (χ2n) is 8.57. The van der Waals surface area contributed by atoms with E-state index in [1.807, 2.05) is 0 Å². The molecule has 1 fully saturated rings. The molecule has 37 heavy (non-hydrogen) atoms. The molecule has 4 N–H and O–H groups in total. The lowest BCUT2D eigenvalue weighted by molar-refractivity contribution is 0.0918. The van der Waals surface area contributed by atoms with Crippen LogP contribution < -0.4 is 16.4 Å². The molecular weight excluding hydrogens is 506 g/mol. The fourth-order valence-electron chi connectivity index (χ4n) is 4.06. The maximum absolute atomic E-state index is 13.3. The molecule has 1 aromatic heterocycles. The summed E-state index contributed by atoms with van der Waals surface area (Å²) >= 11 is 5.95. The second kappa shape index (κ2) is 11.5. The number of likely N-dealkylation sites (tertiary alicyclic amines) is 1. The van der Waals surface area contributed by atoms with Crippen LogP contribution >= 0.6 is 11.6 Å². The van der Waals surface area contributed by atoms with Crippen LogP contribution in [0.2, 0.25) is 5.02 Å². The van der Waals surface area contributed by atoms with Crippen molar-refractivity contribution in [2.24, 2.45) is 5.73 Å². The number of nitrogens with two attached hydrogens (primary N) is 1. The van der Waals surface area contributed by atoms with Gasteiger partial charge in [0.1, 0.15) is 24.0 Å². The van der Waals surface area contributed by atoms with Crippen LogP contribution in [0.15, 0.2) is 48.8 Å². The van der Waals surface area contributed by atoms with Gasteiger partial charge in [0.25, 0.3) is 17.7 Å². The molecule has 194 valence electrons. The molecule has 3 amide bonds. The van der Waals surface area contributed by atoms with E-state index in [-0.39, 0.29) is 22.0 Å². The minimum Gasteiger partial charge on any atom is -0.364 e. The van der Waals surface area contributed by atoms with Gasteiger partial charge in [-0.05, 0) is 55.3 Å². The van der Waals surface area contributed by atoms with Crippen LogP contribution in [0.5, 0.6) is 0 Å². The fourth-order valence-corrected chi connectivity index (χ4v) is 4.31. The summed E-state index contributed by atoms with van der Waals surface area (Å²) in [5, 5.41) is 5.42. The molecule has 4 rings (SSSR count). The van der Waals surface area contributed by atoms with Gasteiger partial charge in [-0.3, -0.25) is 19.0 Å². The number of carbonyl (C=O) groups excluding carboxylic acids is 3. The van der Waals surface area contributed by atoms with Crippen molar-refractivity contribution in [2.45, 2.75) is 19.0 Å². The zero-order valence-corrected chi connectivity index (χ0v) is 20.5. The molecule has 0 spiro atoms. The first-order chi connectivity index (χ1) is 17.7. The van der Waals surface area contributed by atoms with Gasteiger partial charge in [-0.25, -0.2) is 13.8 Å². The number of imidazole rings is 1. The van der Waals surface area contributed by atoms with Gasteiger partial charge in [0.2, 0.25) is 0 Å². The van der Waals surface area contributed by atoms with E-state index < -0.39 is 29.7 Å². The Morgan fingerprint density at radius 3 is 2.43 bits per heavy atom. The molecule has 0 atom stereocenters. The number of piperidine rings is 1. The zero-order chi connectivity index (χ0) is 26.5. The van der Waals surface area contributed by atoms with Crippen molar-refractivity contribution in [2.75, 3.05) is 31.5 Å². The van der Waals surface area contributed by atoms with Crippen molar-refractivity contribution >= 4 is 35.0 Å². The maximum atomic E-state index is 13.3. The molecule has 0 radical (unpaired) electrons. The Kier molecular flexibility index (Phi) is 8.14.